The number of hydrogen-bond donors (Lipinski definition) is 2. The first kappa shape index (κ1) is 15.0. The molecule has 0 saturated heterocycles. The molecule has 100 valence electrons. The van der Waals surface area contributed by atoms with E-state index in [2.05, 4.69) is 10.5 Å². The molecule has 1 aromatic carbocycles. The maximum absolute atomic E-state index is 9.52. The molecule has 0 bridgehead atoms. The summed E-state index contributed by atoms with van der Waals surface area (Å²) in [5.41, 5.74) is 0.978. The lowest BCUT2D eigenvalue weighted by Gasteiger charge is -2.09. The minimum absolute atomic E-state index is 0.336. The molecule has 18 heavy (non-hydrogen) atoms. The molecule has 1 atom stereocenters. The Labute approximate surface area is 113 Å². The van der Waals surface area contributed by atoms with Gasteiger partial charge in [-0.2, -0.15) is 0 Å². The molecule has 0 aliphatic rings. The van der Waals surface area contributed by atoms with Crippen molar-refractivity contribution in [2.45, 2.75) is 32.6 Å². The van der Waals surface area contributed by atoms with Crippen molar-refractivity contribution >= 4 is 17.8 Å². The first-order valence-electron chi connectivity index (χ1n) is 5.89. The van der Waals surface area contributed by atoms with Crippen molar-refractivity contribution in [2.75, 3.05) is 6.54 Å². The molecule has 0 aliphatic heterocycles. The van der Waals surface area contributed by atoms with Crippen LogP contribution in [0.1, 0.15) is 19.4 Å². The number of oxime groups is 1. The monoisotopic (exact) mass is 270 g/mol. The van der Waals surface area contributed by atoms with Gasteiger partial charge >= 0.3 is 0 Å². The first-order chi connectivity index (χ1) is 8.58. The third-order valence-electron chi connectivity index (χ3n) is 2.19. The molecule has 0 saturated carbocycles. The van der Waals surface area contributed by atoms with Crippen molar-refractivity contribution in [2.24, 2.45) is 5.16 Å². The lowest BCUT2D eigenvalue weighted by molar-refractivity contribution is 0.127. The van der Waals surface area contributed by atoms with E-state index < -0.39 is 6.10 Å². The summed E-state index contributed by atoms with van der Waals surface area (Å²) in [7, 11) is 0. The SMILES string of the molecule is CC(C)NC[C@@H](O)/C=N/OCc1ccc(Cl)cc1. The summed E-state index contributed by atoms with van der Waals surface area (Å²) in [5, 5.41) is 17.0. The highest BCUT2D eigenvalue weighted by Crippen LogP contribution is 2.10. The third kappa shape index (κ3) is 6.59. The largest absolute Gasteiger partial charge is 0.391 e. The number of aliphatic hydroxyl groups excluding tert-OH is 1. The number of benzene rings is 1. The summed E-state index contributed by atoms with van der Waals surface area (Å²) >= 11 is 5.76. The van der Waals surface area contributed by atoms with Crippen LogP contribution >= 0.6 is 11.6 Å². The minimum atomic E-state index is -0.641. The van der Waals surface area contributed by atoms with Crippen molar-refractivity contribution in [3.63, 3.8) is 0 Å². The molecule has 0 fully saturated rings. The van der Waals surface area contributed by atoms with Gasteiger partial charge in [-0.1, -0.05) is 42.7 Å². The second-order valence-electron chi connectivity index (χ2n) is 4.28. The number of hydrogen-bond acceptors (Lipinski definition) is 4. The maximum atomic E-state index is 9.52. The Bertz CT molecular complexity index is 366. The molecule has 0 radical (unpaired) electrons. The molecule has 0 aromatic heterocycles. The summed E-state index contributed by atoms with van der Waals surface area (Å²) in [6, 6.07) is 7.67. The van der Waals surface area contributed by atoms with Crippen molar-refractivity contribution in [3.8, 4) is 0 Å². The quantitative estimate of drug-likeness (QED) is 0.590. The Morgan fingerprint density at radius 1 is 1.39 bits per heavy atom. The number of rotatable bonds is 7. The smallest absolute Gasteiger partial charge is 0.142 e. The number of aliphatic hydroxyl groups is 1. The fraction of sp³-hybridized carbons (Fsp3) is 0.462. The van der Waals surface area contributed by atoms with Gasteiger partial charge in [0.15, 0.2) is 0 Å². The van der Waals surface area contributed by atoms with E-state index in [4.69, 9.17) is 16.4 Å². The van der Waals surface area contributed by atoms with Crippen LogP contribution in [0.5, 0.6) is 0 Å². The Balaban J connectivity index is 2.22. The van der Waals surface area contributed by atoms with Crippen molar-refractivity contribution in [1.29, 1.82) is 0 Å². The van der Waals surface area contributed by atoms with Crippen LogP contribution < -0.4 is 5.32 Å². The topological polar surface area (TPSA) is 53.8 Å². The van der Waals surface area contributed by atoms with Gasteiger partial charge in [-0.3, -0.25) is 0 Å². The van der Waals surface area contributed by atoms with Crippen molar-refractivity contribution < 1.29 is 9.94 Å². The van der Waals surface area contributed by atoms with Gasteiger partial charge in [0.25, 0.3) is 0 Å². The zero-order valence-corrected chi connectivity index (χ0v) is 11.4. The van der Waals surface area contributed by atoms with E-state index in [1.54, 1.807) is 12.1 Å². The highest BCUT2D eigenvalue weighted by molar-refractivity contribution is 6.30. The van der Waals surface area contributed by atoms with E-state index in [-0.39, 0.29) is 0 Å². The van der Waals surface area contributed by atoms with E-state index in [0.717, 1.165) is 5.56 Å². The highest BCUT2D eigenvalue weighted by Gasteiger charge is 2.00. The first-order valence-corrected chi connectivity index (χ1v) is 6.27. The van der Waals surface area contributed by atoms with Crippen LogP contribution in [0.25, 0.3) is 0 Å². The number of halogens is 1. The van der Waals surface area contributed by atoms with Crippen LogP contribution in [-0.4, -0.2) is 30.0 Å². The zero-order chi connectivity index (χ0) is 13.4. The number of nitrogens with one attached hydrogen (secondary N) is 1. The lowest BCUT2D eigenvalue weighted by Crippen LogP contribution is -2.32. The van der Waals surface area contributed by atoms with Gasteiger partial charge in [0.2, 0.25) is 0 Å². The van der Waals surface area contributed by atoms with Crippen LogP contribution in [-0.2, 0) is 11.4 Å². The van der Waals surface area contributed by atoms with Crippen LogP contribution in [0.4, 0.5) is 0 Å². The van der Waals surface area contributed by atoms with Crippen LogP contribution in [0.15, 0.2) is 29.4 Å². The van der Waals surface area contributed by atoms with E-state index in [1.807, 2.05) is 26.0 Å². The summed E-state index contributed by atoms with van der Waals surface area (Å²) < 4.78 is 0. The minimum Gasteiger partial charge on any atom is -0.391 e. The molecule has 1 rings (SSSR count). The molecule has 0 heterocycles. The molecule has 0 unspecified atom stereocenters. The van der Waals surface area contributed by atoms with Crippen LogP contribution in [0.3, 0.4) is 0 Å². The Hall–Kier alpha value is -1.10. The summed E-state index contributed by atoms with van der Waals surface area (Å²) in [6.07, 6.45) is 0.739. The van der Waals surface area contributed by atoms with Gasteiger partial charge in [-0.15, -0.1) is 0 Å². The van der Waals surface area contributed by atoms with Crippen LogP contribution in [0, 0.1) is 0 Å². The van der Waals surface area contributed by atoms with Crippen molar-refractivity contribution in [1.82, 2.24) is 5.32 Å². The van der Waals surface area contributed by atoms with E-state index >= 15 is 0 Å². The molecule has 2 N–H and O–H groups in total. The third-order valence-corrected chi connectivity index (χ3v) is 2.44. The Morgan fingerprint density at radius 3 is 2.67 bits per heavy atom. The second kappa shape index (κ2) is 8.08. The summed E-state index contributed by atoms with van der Waals surface area (Å²) in [4.78, 5) is 5.08. The average molecular weight is 271 g/mol. The fourth-order valence-corrected chi connectivity index (χ4v) is 1.34. The van der Waals surface area contributed by atoms with Gasteiger partial charge < -0.3 is 15.3 Å². The molecule has 4 nitrogen and oxygen atoms in total. The van der Waals surface area contributed by atoms with E-state index in [0.29, 0.717) is 24.2 Å². The molecule has 1 aromatic rings. The molecule has 0 amide bonds. The van der Waals surface area contributed by atoms with E-state index in [1.165, 1.54) is 6.21 Å². The lowest BCUT2D eigenvalue weighted by atomic mass is 10.2. The number of nitrogens with zero attached hydrogens (tertiary/aromatic N) is 1. The normalized spacial score (nSPS) is 13.2. The Morgan fingerprint density at radius 2 is 2.06 bits per heavy atom. The predicted octanol–water partition coefficient (Wildman–Crippen LogP) is 2.20. The molecular formula is C13H19ClN2O2. The van der Waals surface area contributed by atoms with Crippen LogP contribution in [0.2, 0.25) is 5.02 Å². The molecule has 0 spiro atoms. The van der Waals surface area contributed by atoms with Gasteiger partial charge in [-0.05, 0) is 17.7 Å². The summed E-state index contributed by atoms with van der Waals surface area (Å²) in [5.74, 6) is 0. The maximum Gasteiger partial charge on any atom is 0.142 e. The average Bonchev–Trinajstić information content (AvgIpc) is 2.34. The van der Waals surface area contributed by atoms with Crippen molar-refractivity contribution in [3.05, 3.63) is 34.9 Å². The second-order valence-corrected chi connectivity index (χ2v) is 4.72. The van der Waals surface area contributed by atoms with Gasteiger partial charge in [0.05, 0.1) is 6.21 Å². The highest BCUT2D eigenvalue weighted by atomic mass is 35.5. The fourth-order valence-electron chi connectivity index (χ4n) is 1.21. The molecule has 0 aliphatic carbocycles. The standard InChI is InChI=1S/C13H19ClN2O2/c1-10(2)15-7-13(17)8-16-18-9-11-3-5-12(14)6-4-11/h3-6,8,10,13,15,17H,7,9H2,1-2H3/b16-8+/t13-/m1/s1. The zero-order valence-electron chi connectivity index (χ0n) is 10.6. The van der Waals surface area contributed by atoms with Gasteiger partial charge in [0.1, 0.15) is 12.7 Å². The van der Waals surface area contributed by atoms with Gasteiger partial charge in [-0.25, -0.2) is 0 Å². The summed E-state index contributed by atoms with van der Waals surface area (Å²) in [6.45, 7) is 4.85. The van der Waals surface area contributed by atoms with E-state index in [9.17, 15) is 5.11 Å². The predicted molar refractivity (Wildman–Crippen MR) is 73.9 cm³/mol. The van der Waals surface area contributed by atoms with Gasteiger partial charge in [0, 0.05) is 17.6 Å². The molecular weight excluding hydrogens is 252 g/mol. The Kier molecular flexibility index (Phi) is 6.72. The molecule has 5 heteroatoms.